The fraction of sp³-hybridized carbons (Fsp3) is 0.111. The van der Waals surface area contributed by atoms with Gasteiger partial charge >= 0.3 is 0 Å². The SMILES string of the molecule is COc1cc(-n2[nH]c(C)c(C=NNc3ccc([N+](=O)[O-])cc3)c2=O)ccc1Cl. The molecule has 2 aromatic carbocycles. The third-order valence-corrected chi connectivity index (χ3v) is 4.29. The monoisotopic (exact) mass is 401 g/mol. The van der Waals surface area contributed by atoms with Crippen molar-refractivity contribution in [2.24, 2.45) is 5.10 Å². The topological polar surface area (TPSA) is 115 Å². The number of nitrogens with one attached hydrogen (secondary N) is 2. The maximum absolute atomic E-state index is 12.7. The Morgan fingerprint density at radius 2 is 2.00 bits per heavy atom. The maximum atomic E-state index is 12.7. The zero-order valence-corrected chi connectivity index (χ0v) is 15.7. The van der Waals surface area contributed by atoms with Gasteiger partial charge in [0.2, 0.25) is 0 Å². The smallest absolute Gasteiger partial charge is 0.280 e. The Bertz CT molecular complexity index is 1100. The number of aromatic amines is 1. The number of non-ortho nitro benzene ring substituents is 1. The minimum Gasteiger partial charge on any atom is -0.495 e. The van der Waals surface area contributed by atoms with Gasteiger partial charge in [-0.1, -0.05) is 11.6 Å². The fourth-order valence-corrected chi connectivity index (χ4v) is 2.70. The standard InChI is InChI=1S/C18H16ClN5O4/c1-11-15(10-20-21-12-3-5-13(6-4-12)24(26)27)18(25)23(22-11)14-7-8-16(19)17(9-14)28-2/h3-10,21-22H,1-2H3. The van der Waals surface area contributed by atoms with Crippen molar-refractivity contribution in [1.82, 2.24) is 9.78 Å². The Labute approximate surface area is 164 Å². The maximum Gasteiger partial charge on any atom is 0.280 e. The molecular weight excluding hydrogens is 386 g/mol. The molecule has 0 fully saturated rings. The molecule has 0 aliphatic rings. The van der Waals surface area contributed by atoms with Crippen molar-refractivity contribution in [1.29, 1.82) is 0 Å². The molecule has 0 aliphatic heterocycles. The first-order valence-electron chi connectivity index (χ1n) is 8.09. The summed E-state index contributed by atoms with van der Waals surface area (Å²) in [5.74, 6) is 0.452. The highest BCUT2D eigenvalue weighted by Gasteiger charge is 2.12. The number of nitrogens with zero attached hydrogens (tertiary/aromatic N) is 3. The number of benzene rings is 2. The van der Waals surface area contributed by atoms with Gasteiger partial charge in [-0.2, -0.15) is 5.10 Å². The Hall–Kier alpha value is -3.59. The van der Waals surface area contributed by atoms with Crippen molar-refractivity contribution in [2.45, 2.75) is 6.92 Å². The summed E-state index contributed by atoms with van der Waals surface area (Å²) in [6, 6.07) is 10.8. The number of ether oxygens (including phenoxy) is 1. The number of hydrogen-bond acceptors (Lipinski definition) is 6. The van der Waals surface area contributed by atoms with E-state index in [-0.39, 0.29) is 11.2 Å². The summed E-state index contributed by atoms with van der Waals surface area (Å²) in [6.45, 7) is 1.75. The van der Waals surface area contributed by atoms with E-state index in [4.69, 9.17) is 16.3 Å². The number of H-pyrrole nitrogens is 1. The van der Waals surface area contributed by atoms with E-state index in [1.165, 1.54) is 42.3 Å². The molecule has 28 heavy (non-hydrogen) atoms. The van der Waals surface area contributed by atoms with Crippen molar-refractivity contribution >= 4 is 29.2 Å². The molecular formula is C18H16ClN5O4. The van der Waals surface area contributed by atoms with Crippen molar-refractivity contribution in [3.63, 3.8) is 0 Å². The molecule has 0 unspecified atom stereocenters. The molecule has 144 valence electrons. The summed E-state index contributed by atoms with van der Waals surface area (Å²) in [5.41, 5.74) is 4.53. The van der Waals surface area contributed by atoms with Crippen LogP contribution in [-0.4, -0.2) is 28.0 Å². The van der Waals surface area contributed by atoms with Crippen LogP contribution >= 0.6 is 11.6 Å². The van der Waals surface area contributed by atoms with Crippen molar-refractivity contribution < 1.29 is 9.66 Å². The quantitative estimate of drug-likeness (QED) is 0.372. The van der Waals surface area contributed by atoms with Crippen LogP contribution in [0, 0.1) is 17.0 Å². The normalized spacial score (nSPS) is 11.0. The molecule has 1 heterocycles. The summed E-state index contributed by atoms with van der Waals surface area (Å²) in [6.07, 6.45) is 1.39. The summed E-state index contributed by atoms with van der Waals surface area (Å²) in [7, 11) is 1.50. The van der Waals surface area contributed by atoms with Crippen LogP contribution in [0.4, 0.5) is 11.4 Å². The largest absolute Gasteiger partial charge is 0.495 e. The van der Waals surface area contributed by atoms with Crippen LogP contribution in [0.5, 0.6) is 5.75 Å². The second-order valence-electron chi connectivity index (χ2n) is 5.78. The Morgan fingerprint density at radius 3 is 2.64 bits per heavy atom. The summed E-state index contributed by atoms with van der Waals surface area (Å²) < 4.78 is 6.54. The number of methoxy groups -OCH3 is 1. The van der Waals surface area contributed by atoms with Gasteiger partial charge in [-0.05, 0) is 31.2 Å². The highest BCUT2D eigenvalue weighted by molar-refractivity contribution is 6.32. The van der Waals surface area contributed by atoms with E-state index in [0.29, 0.717) is 33.4 Å². The molecule has 2 N–H and O–H groups in total. The van der Waals surface area contributed by atoms with E-state index in [1.54, 1.807) is 25.1 Å². The highest BCUT2D eigenvalue weighted by atomic mass is 35.5. The number of hydrogen-bond donors (Lipinski definition) is 2. The van der Waals surface area contributed by atoms with Gasteiger partial charge in [0.05, 0.1) is 40.2 Å². The van der Waals surface area contributed by atoms with E-state index in [0.717, 1.165) is 0 Å². The zero-order valence-electron chi connectivity index (χ0n) is 15.0. The molecule has 3 rings (SSSR count). The Morgan fingerprint density at radius 1 is 1.29 bits per heavy atom. The first-order chi connectivity index (χ1) is 13.4. The Balaban J connectivity index is 1.83. The number of nitro groups is 1. The lowest BCUT2D eigenvalue weighted by Gasteiger charge is -2.06. The minimum atomic E-state index is -0.482. The van der Waals surface area contributed by atoms with E-state index in [9.17, 15) is 14.9 Å². The molecule has 0 radical (unpaired) electrons. The van der Waals surface area contributed by atoms with Gasteiger partial charge < -0.3 is 4.74 Å². The molecule has 10 heteroatoms. The third-order valence-electron chi connectivity index (χ3n) is 3.98. The number of nitro benzene ring substituents is 1. The van der Waals surface area contributed by atoms with E-state index in [1.807, 2.05) is 0 Å². The highest BCUT2D eigenvalue weighted by Crippen LogP contribution is 2.26. The van der Waals surface area contributed by atoms with Crippen LogP contribution < -0.4 is 15.7 Å². The molecule has 0 amide bonds. The number of hydrazone groups is 1. The van der Waals surface area contributed by atoms with Crippen molar-refractivity contribution in [3.8, 4) is 11.4 Å². The third kappa shape index (κ3) is 3.89. The molecule has 0 spiro atoms. The summed E-state index contributed by atoms with van der Waals surface area (Å²) in [4.78, 5) is 22.9. The lowest BCUT2D eigenvalue weighted by atomic mass is 10.3. The second-order valence-corrected chi connectivity index (χ2v) is 6.19. The van der Waals surface area contributed by atoms with Gasteiger partial charge in [0, 0.05) is 23.9 Å². The lowest BCUT2D eigenvalue weighted by Crippen LogP contribution is -2.17. The first-order valence-corrected chi connectivity index (χ1v) is 8.47. The Kier molecular flexibility index (Phi) is 5.46. The van der Waals surface area contributed by atoms with Crippen LogP contribution in [0.1, 0.15) is 11.3 Å². The van der Waals surface area contributed by atoms with E-state index < -0.39 is 4.92 Å². The van der Waals surface area contributed by atoms with Crippen LogP contribution in [0.2, 0.25) is 5.02 Å². The van der Waals surface area contributed by atoms with Crippen molar-refractivity contribution in [3.05, 3.63) is 79.2 Å². The predicted octanol–water partition coefficient (Wildman–Crippen LogP) is 3.49. The number of rotatable bonds is 6. The number of anilines is 1. The van der Waals surface area contributed by atoms with E-state index >= 15 is 0 Å². The van der Waals surface area contributed by atoms with Gasteiger partial charge in [-0.25, -0.2) is 4.68 Å². The lowest BCUT2D eigenvalue weighted by molar-refractivity contribution is -0.384. The summed E-state index contributed by atoms with van der Waals surface area (Å²) >= 11 is 6.02. The molecule has 0 aliphatic carbocycles. The zero-order chi connectivity index (χ0) is 20.3. The molecule has 9 nitrogen and oxygen atoms in total. The van der Waals surface area contributed by atoms with Crippen LogP contribution in [-0.2, 0) is 0 Å². The minimum absolute atomic E-state index is 0.0164. The van der Waals surface area contributed by atoms with Gasteiger partial charge in [-0.15, -0.1) is 0 Å². The van der Waals surface area contributed by atoms with Gasteiger partial charge in [-0.3, -0.25) is 25.4 Å². The molecule has 0 atom stereocenters. The molecule has 3 aromatic rings. The van der Waals surface area contributed by atoms with Crippen LogP contribution in [0.25, 0.3) is 5.69 Å². The first kappa shape index (κ1) is 19.2. The van der Waals surface area contributed by atoms with Crippen LogP contribution in [0.15, 0.2) is 52.4 Å². The van der Waals surface area contributed by atoms with Gasteiger partial charge in [0.25, 0.3) is 11.2 Å². The number of halogens is 1. The average Bonchev–Trinajstić information content (AvgIpc) is 2.97. The molecule has 0 bridgehead atoms. The molecule has 1 aromatic heterocycles. The molecule has 0 saturated carbocycles. The second kappa shape index (κ2) is 7.97. The summed E-state index contributed by atoms with van der Waals surface area (Å²) in [5, 5.41) is 18.1. The predicted molar refractivity (Wildman–Crippen MR) is 107 cm³/mol. The number of aryl methyl sites for hydroxylation is 1. The fourth-order valence-electron chi connectivity index (χ4n) is 2.51. The van der Waals surface area contributed by atoms with Crippen molar-refractivity contribution in [2.75, 3.05) is 12.5 Å². The number of aromatic nitrogens is 2. The molecule has 0 saturated heterocycles. The van der Waals surface area contributed by atoms with Gasteiger partial charge in [0.1, 0.15) is 5.75 Å². The average molecular weight is 402 g/mol. The van der Waals surface area contributed by atoms with Crippen LogP contribution in [0.3, 0.4) is 0 Å². The van der Waals surface area contributed by atoms with E-state index in [2.05, 4.69) is 15.6 Å². The van der Waals surface area contributed by atoms with Gasteiger partial charge in [0.15, 0.2) is 0 Å².